The maximum Gasteiger partial charge on any atom is 0.359 e. The summed E-state index contributed by atoms with van der Waals surface area (Å²) in [6.07, 6.45) is 1.63. The van der Waals surface area contributed by atoms with Gasteiger partial charge in [-0.3, -0.25) is 4.57 Å². The Bertz CT molecular complexity index is 1650. The second-order valence-electron chi connectivity index (χ2n) is 9.40. The molecule has 38 heavy (non-hydrogen) atoms. The highest BCUT2D eigenvalue weighted by Gasteiger charge is 2.26. The number of rotatable bonds is 8. The number of carbonyl (C=O) groups excluding carboxylic acids is 1. The van der Waals surface area contributed by atoms with Crippen LogP contribution >= 0.6 is 0 Å². The van der Waals surface area contributed by atoms with Crippen LogP contribution in [-0.4, -0.2) is 31.7 Å². The average molecular weight is 507 g/mol. The summed E-state index contributed by atoms with van der Waals surface area (Å²) in [4.78, 5) is 37.1. The van der Waals surface area contributed by atoms with Gasteiger partial charge in [-0.2, -0.15) is 0 Å². The Kier molecular flexibility index (Phi) is 7.18. The summed E-state index contributed by atoms with van der Waals surface area (Å²) in [7, 11) is 0. The fraction of sp³-hybridized carbons (Fsp3) is 0.226. The third kappa shape index (κ3) is 4.87. The largest absolute Gasteiger partial charge is 0.461 e. The molecule has 2 heterocycles. The lowest BCUT2D eigenvalue weighted by atomic mass is 10.1. The van der Waals surface area contributed by atoms with Crippen molar-refractivity contribution in [3.8, 4) is 17.1 Å². The van der Waals surface area contributed by atoms with Crippen LogP contribution in [0.5, 0.6) is 0 Å². The van der Waals surface area contributed by atoms with E-state index in [1.54, 1.807) is 9.13 Å². The fourth-order valence-electron chi connectivity index (χ4n) is 4.45. The normalized spacial score (nSPS) is 11.1. The number of carbonyl (C=O) groups is 1. The van der Waals surface area contributed by atoms with Crippen molar-refractivity contribution in [3.05, 3.63) is 112 Å². The van der Waals surface area contributed by atoms with Gasteiger partial charge in [0.2, 0.25) is 0 Å². The quantitative estimate of drug-likeness (QED) is 0.194. The first-order chi connectivity index (χ1) is 18.5. The van der Waals surface area contributed by atoms with Gasteiger partial charge >= 0.3 is 11.7 Å². The summed E-state index contributed by atoms with van der Waals surface area (Å²) in [6, 6.07) is 25.1. The molecule has 0 saturated carbocycles. The molecule has 0 fully saturated rings. The van der Waals surface area contributed by atoms with Gasteiger partial charge in [0.05, 0.1) is 18.8 Å². The van der Waals surface area contributed by atoms with E-state index in [-0.39, 0.29) is 24.5 Å². The number of hydrogen-bond acceptors (Lipinski definition) is 5. The molecule has 5 aromatic rings. The Labute approximate surface area is 221 Å². The molecule has 2 aromatic heterocycles. The second-order valence-corrected chi connectivity index (χ2v) is 9.40. The Morgan fingerprint density at radius 3 is 2.32 bits per heavy atom. The van der Waals surface area contributed by atoms with E-state index in [1.165, 1.54) is 0 Å². The van der Waals surface area contributed by atoms with E-state index in [0.717, 1.165) is 35.1 Å². The fourth-order valence-corrected chi connectivity index (χ4v) is 4.45. The number of unbranched alkanes of at least 4 members (excludes halogenated alkanes) is 1. The van der Waals surface area contributed by atoms with Crippen molar-refractivity contribution in [1.82, 2.24) is 19.1 Å². The number of esters is 1. The maximum atomic E-state index is 14.1. The van der Waals surface area contributed by atoms with E-state index in [2.05, 4.69) is 0 Å². The van der Waals surface area contributed by atoms with Gasteiger partial charge in [0.1, 0.15) is 5.52 Å². The monoisotopic (exact) mass is 506 g/mol. The van der Waals surface area contributed by atoms with Gasteiger partial charge in [-0.15, -0.1) is 0 Å². The molecule has 0 bridgehead atoms. The van der Waals surface area contributed by atoms with Gasteiger partial charge in [-0.1, -0.05) is 91.7 Å². The molecule has 0 aliphatic heterocycles. The number of benzene rings is 3. The molecule has 5 rings (SSSR count). The van der Waals surface area contributed by atoms with Crippen LogP contribution < -0.4 is 5.69 Å². The lowest BCUT2D eigenvalue weighted by Crippen LogP contribution is -2.24. The van der Waals surface area contributed by atoms with Crippen LogP contribution in [0.1, 0.15) is 46.9 Å². The van der Waals surface area contributed by atoms with Crippen molar-refractivity contribution in [3.63, 3.8) is 0 Å². The molecule has 7 heteroatoms. The molecule has 0 N–H and O–H groups in total. The van der Waals surface area contributed by atoms with Crippen molar-refractivity contribution in [2.75, 3.05) is 6.61 Å². The van der Waals surface area contributed by atoms with Gasteiger partial charge in [-0.05, 0) is 37.5 Å². The molecule has 192 valence electrons. The first-order valence-corrected chi connectivity index (χ1v) is 12.8. The number of fused-ring (bicyclic) bond motifs is 1. The standard InChI is InChI=1S/C31H30N4O3/c1-4-5-19-38-30(36)26-27-29(33-28(32-26)24-17-15-21(2)16-18-24)35(25-14-10-9-11-22(25)3)31(37)34(27)20-23-12-7-6-8-13-23/h6-18H,4-5,19-20H2,1-3H3. The first kappa shape index (κ1) is 25.1. The molecule has 0 saturated heterocycles. The highest BCUT2D eigenvalue weighted by Crippen LogP contribution is 2.26. The van der Waals surface area contributed by atoms with Gasteiger partial charge in [0, 0.05) is 5.56 Å². The SMILES string of the molecule is CCCCOC(=O)c1nc(-c2ccc(C)cc2)nc2c1n(Cc1ccccc1)c(=O)n2-c1ccccc1C. The van der Waals surface area contributed by atoms with Crippen molar-refractivity contribution < 1.29 is 9.53 Å². The number of nitrogens with zero attached hydrogens (tertiary/aromatic N) is 4. The topological polar surface area (TPSA) is 79.0 Å². The van der Waals surface area contributed by atoms with Crippen molar-refractivity contribution in [2.24, 2.45) is 0 Å². The molecule has 0 aliphatic rings. The number of para-hydroxylation sites is 1. The zero-order valence-electron chi connectivity index (χ0n) is 21.8. The van der Waals surface area contributed by atoms with E-state index in [4.69, 9.17) is 14.7 Å². The van der Waals surface area contributed by atoms with Crippen LogP contribution in [0.2, 0.25) is 0 Å². The van der Waals surface area contributed by atoms with Gasteiger partial charge < -0.3 is 4.74 Å². The molecule has 0 aliphatic carbocycles. The van der Waals surface area contributed by atoms with E-state index in [0.29, 0.717) is 22.7 Å². The third-order valence-electron chi connectivity index (χ3n) is 6.54. The van der Waals surface area contributed by atoms with Crippen molar-refractivity contribution in [1.29, 1.82) is 0 Å². The van der Waals surface area contributed by atoms with E-state index >= 15 is 0 Å². The predicted octanol–water partition coefficient (Wildman–Crippen LogP) is 5.87. The number of ether oxygens (including phenoxy) is 1. The Balaban J connectivity index is 1.83. The zero-order chi connectivity index (χ0) is 26.6. The van der Waals surface area contributed by atoms with Gasteiger partial charge in [0.25, 0.3) is 0 Å². The lowest BCUT2D eigenvalue weighted by Gasteiger charge is -2.10. The van der Waals surface area contributed by atoms with Gasteiger partial charge in [-0.25, -0.2) is 24.1 Å². The van der Waals surface area contributed by atoms with Crippen LogP contribution in [0.4, 0.5) is 0 Å². The summed E-state index contributed by atoms with van der Waals surface area (Å²) < 4.78 is 8.77. The summed E-state index contributed by atoms with van der Waals surface area (Å²) in [5.41, 5.74) is 4.90. The summed E-state index contributed by atoms with van der Waals surface area (Å²) >= 11 is 0. The molecule has 3 aromatic carbocycles. The molecular weight excluding hydrogens is 476 g/mol. The third-order valence-corrected chi connectivity index (χ3v) is 6.54. The van der Waals surface area contributed by atoms with Gasteiger partial charge in [0.15, 0.2) is 17.2 Å². The number of aromatic nitrogens is 4. The van der Waals surface area contributed by atoms with Crippen molar-refractivity contribution in [2.45, 2.75) is 40.2 Å². The minimum absolute atomic E-state index is 0.0852. The lowest BCUT2D eigenvalue weighted by molar-refractivity contribution is 0.0495. The Morgan fingerprint density at radius 1 is 0.895 bits per heavy atom. The molecule has 0 unspecified atom stereocenters. The number of imidazole rings is 1. The molecule has 0 atom stereocenters. The Hall–Kier alpha value is -4.52. The van der Waals surface area contributed by atoms with E-state index < -0.39 is 5.97 Å². The van der Waals surface area contributed by atoms with Crippen molar-refractivity contribution >= 4 is 17.1 Å². The van der Waals surface area contributed by atoms with Crippen LogP contribution in [0.25, 0.3) is 28.2 Å². The molecule has 0 spiro atoms. The predicted molar refractivity (Wildman–Crippen MR) is 149 cm³/mol. The minimum Gasteiger partial charge on any atom is -0.461 e. The summed E-state index contributed by atoms with van der Waals surface area (Å²) in [6.45, 7) is 6.53. The number of hydrogen-bond donors (Lipinski definition) is 0. The first-order valence-electron chi connectivity index (χ1n) is 12.8. The molecule has 0 radical (unpaired) electrons. The highest BCUT2D eigenvalue weighted by molar-refractivity contribution is 6.00. The van der Waals surface area contributed by atoms with Crippen LogP contribution in [0.15, 0.2) is 83.7 Å². The zero-order valence-corrected chi connectivity index (χ0v) is 21.8. The summed E-state index contributed by atoms with van der Waals surface area (Å²) in [5, 5.41) is 0. The Morgan fingerprint density at radius 2 is 1.61 bits per heavy atom. The van der Waals surface area contributed by atoms with Crippen LogP contribution in [0, 0.1) is 13.8 Å². The average Bonchev–Trinajstić information content (AvgIpc) is 3.20. The molecule has 7 nitrogen and oxygen atoms in total. The molecule has 0 amide bonds. The smallest absolute Gasteiger partial charge is 0.359 e. The van der Waals surface area contributed by atoms with Crippen LogP contribution in [0.3, 0.4) is 0 Å². The number of aryl methyl sites for hydroxylation is 2. The molecular formula is C31H30N4O3. The second kappa shape index (κ2) is 10.8. The van der Waals surface area contributed by atoms with E-state index in [1.807, 2.05) is 99.6 Å². The minimum atomic E-state index is -0.567. The van der Waals surface area contributed by atoms with Crippen LogP contribution in [-0.2, 0) is 11.3 Å². The van der Waals surface area contributed by atoms with E-state index in [9.17, 15) is 9.59 Å². The maximum absolute atomic E-state index is 14.1. The highest BCUT2D eigenvalue weighted by atomic mass is 16.5. The summed E-state index contributed by atoms with van der Waals surface area (Å²) in [5.74, 6) is -0.206.